The van der Waals surface area contributed by atoms with Gasteiger partial charge >= 0.3 is 5.97 Å². The molecule has 0 N–H and O–H groups in total. The number of carbonyl (C=O) groups excluding carboxylic acids is 1. The minimum Gasteiger partial charge on any atom is -0.466 e. The van der Waals surface area contributed by atoms with Gasteiger partial charge in [0.25, 0.3) is 0 Å². The van der Waals surface area contributed by atoms with E-state index in [2.05, 4.69) is 38.6 Å². The molecule has 0 spiro atoms. The fourth-order valence-corrected chi connectivity index (χ4v) is 2.80. The predicted molar refractivity (Wildman–Crippen MR) is 105 cm³/mol. The number of carbonyl (C=O) groups is 1. The monoisotopic (exact) mass is 380 g/mol. The molecule has 1 aromatic rings. The van der Waals surface area contributed by atoms with Crippen LogP contribution in [-0.4, -0.2) is 40.9 Å². The zero-order valence-corrected chi connectivity index (χ0v) is 17.8. The van der Waals surface area contributed by atoms with Gasteiger partial charge in [0.2, 0.25) is 0 Å². The number of hydrogen-bond acceptors (Lipinski definition) is 5. The number of rotatable bonds is 10. The molecule has 26 heavy (non-hydrogen) atoms. The van der Waals surface area contributed by atoms with Crippen LogP contribution in [0.5, 0.6) is 0 Å². The Morgan fingerprint density at radius 3 is 2.42 bits per heavy atom. The van der Waals surface area contributed by atoms with E-state index in [0.717, 1.165) is 5.56 Å². The first-order valence-electron chi connectivity index (χ1n) is 8.79. The Labute approximate surface area is 158 Å². The lowest BCUT2D eigenvalue weighted by Gasteiger charge is -2.37. The van der Waals surface area contributed by atoms with Gasteiger partial charge in [0.05, 0.1) is 20.3 Å². The highest BCUT2D eigenvalue weighted by molar-refractivity contribution is 6.74. The largest absolute Gasteiger partial charge is 0.466 e. The quantitative estimate of drug-likeness (QED) is 0.199. The number of hydrogen-bond donors (Lipinski definition) is 0. The van der Waals surface area contributed by atoms with Crippen molar-refractivity contribution in [3.8, 4) is 0 Å². The second kappa shape index (κ2) is 10.6. The fraction of sp³-hybridized carbons (Fsp3) is 0.550. The second-order valence-corrected chi connectivity index (χ2v) is 12.4. The van der Waals surface area contributed by atoms with E-state index in [1.807, 2.05) is 30.3 Å². The molecule has 0 heterocycles. The molecule has 0 bridgehead atoms. The Morgan fingerprint density at radius 1 is 1.19 bits per heavy atom. The Bertz CT molecular complexity index is 563. The number of esters is 1. The lowest BCUT2D eigenvalue weighted by molar-refractivity contribution is -0.135. The summed E-state index contributed by atoms with van der Waals surface area (Å²) in [7, 11) is -0.558. The van der Waals surface area contributed by atoms with E-state index < -0.39 is 14.3 Å². The van der Waals surface area contributed by atoms with Crippen molar-refractivity contribution in [2.24, 2.45) is 0 Å². The first kappa shape index (κ1) is 22.6. The van der Waals surface area contributed by atoms with Crippen LogP contribution in [0.15, 0.2) is 42.5 Å². The molecule has 0 amide bonds. The van der Waals surface area contributed by atoms with E-state index in [1.165, 1.54) is 13.2 Å². The summed E-state index contributed by atoms with van der Waals surface area (Å²) in [6, 6.07) is 9.89. The zero-order valence-electron chi connectivity index (χ0n) is 16.8. The SMILES string of the molecule is COC(=O)/C=C/[C@@H](CO[Si](C)(C)C(C)(C)C)OCOCc1ccccc1. The van der Waals surface area contributed by atoms with Gasteiger partial charge in [-0.25, -0.2) is 4.79 Å². The molecular weight excluding hydrogens is 348 g/mol. The van der Waals surface area contributed by atoms with Crippen LogP contribution in [0.2, 0.25) is 18.1 Å². The van der Waals surface area contributed by atoms with E-state index in [1.54, 1.807) is 6.08 Å². The first-order chi connectivity index (χ1) is 12.2. The summed E-state index contributed by atoms with van der Waals surface area (Å²) < 4.78 is 22.1. The van der Waals surface area contributed by atoms with Gasteiger partial charge < -0.3 is 18.6 Å². The van der Waals surface area contributed by atoms with E-state index in [9.17, 15) is 4.79 Å². The minimum atomic E-state index is -1.90. The normalized spacial score (nSPS) is 13.8. The maximum Gasteiger partial charge on any atom is 0.330 e. The third-order valence-electron chi connectivity index (χ3n) is 4.54. The van der Waals surface area contributed by atoms with E-state index >= 15 is 0 Å². The molecule has 1 aromatic carbocycles. The fourth-order valence-electron chi connectivity index (χ4n) is 1.79. The van der Waals surface area contributed by atoms with Crippen molar-refractivity contribution in [1.82, 2.24) is 0 Å². The summed E-state index contributed by atoms with van der Waals surface area (Å²) in [5, 5.41) is 0.105. The molecule has 0 saturated heterocycles. The maximum absolute atomic E-state index is 11.4. The van der Waals surface area contributed by atoms with Gasteiger partial charge in [0, 0.05) is 6.08 Å². The summed E-state index contributed by atoms with van der Waals surface area (Å²) in [5.41, 5.74) is 1.08. The molecule has 0 aliphatic carbocycles. The van der Waals surface area contributed by atoms with Crippen molar-refractivity contribution < 1.29 is 23.4 Å². The number of methoxy groups -OCH3 is 1. The lowest BCUT2D eigenvalue weighted by atomic mass is 10.2. The molecule has 6 heteroatoms. The lowest BCUT2D eigenvalue weighted by Crippen LogP contribution is -2.42. The van der Waals surface area contributed by atoms with Gasteiger partial charge in [-0.15, -0.1) is 0 Å². The summed E-state index contributed by atoms with van der Waals surface area (Å²) in [6.45, 7) is 11.9. The number of benzene rings is 1. The second-order valence-electron chi connectivity index (χ2n) is 7.61. The standard InChI is InChI=1S/C20H32O5Si/c1-20(2,3)26(5,6)25-15-18(12-13-19(21)22-4)24-16-23-14-17-10-8-7-9-11-17/h7-13,18H,14-16H2,1-6H3/b13-12+/t18-/m0/s1. The maximum atomic E-state index is 11.4. The average Bonchev–Trinajstić information content (AvgIpc) is 2.59. The third-order valence-corrected chi connectivity index (χ3v) is 9.04. The summed E-state index contributed by atoms with van der Waals surface area (Å²) in [4.78, 5) is 11.4. The summed E-state index contributed by atoms with van der Waals surface area (Å²) in [6.07, 6.45) is 2.64. The molecule has 0 aliphatic heterocycles. The molecule has 0 aliphatic rings. The Balaban J connectivity index is 2.55. The molecule has 146 valence electrons. The highest BCUT2D eigenvalue weighted by Gasteiger charge is 2.37. The van der Waals surface area contributed by atoms with Crippen LogP contribution in [0.1, 0.15) is 26.3 Å². The van der Waals surface area contributed by atoms with E-state index in [-0.39, 0.29) is 17.9 Å². The smallest absolute Gasteiger partial charge is 0.330 e. The van der Waals surface area contributed by atoms with Crippen LogP contribution in [0.4, 0.5) is 0 Å². The van der Waals surface area contributed by atoms with Crippen LogP contribution in [0, 0.1) is 0 Å². The molecule has 1 rings (SSSR count). The molecule has 0 aromatic heterocycles. The average molecular weight is 381 g/mol. The Morgan fingerprint density at radius 2 is 1.85 bits per heavy atom. The molecule has 0 unspecified atom stereocenters. The van der Waals surface area contributed by atoms with Gasteiger partial charge in [-0.2, -0.15) is 0 Å². The molecule has 0 radical (unpaired) electrons. The van der Waals surface area contributed by atoms with Gasteiger partial charge in [0.15, 0.2) is 8.32 Å². The van der Waals surface area contributed by atoms with Crippen LogP contribution >= 0.6 is 0 Å². The van der Waals surface area contributed by atoms with Crippen LogP contribution < -0.4 is 0 Å². The first-order valence-corrected chi connectivity index (χ1v) is 11.7. The molecule has 5 nitrogen and oxygen atoms in total. The van der Waals surface area contributed by atoms with Crippen molar-refractivity contribution in [2.75, 3.05) is 20.5 Å². The Hall–Kier alpha value is -1.47. The van der Waals surface area contributed by atoms with Crippen molar-refractivity contribution in [3.63, 3.8) is 0 Å². The summed E-state index contributed by atoms with van der Waals surface area (Å²) >= 11 is 0. The van der Waals surface area contributed by atoms with Crippen molar-refractivity contribution in [3.05, 3.63) is 48.0 Å². The number of ether oxygens (including phenoxy) is 3. The Kier molecular flexibility index (Phi) is 9.22. The predicted octanol–water partition coefficient (Wildman–Crippen LogP) is 4.30. The van der Waals surface area contributed by atoms with Gasteiger partial charge in [-0.1, -0.05) is 51.1 Å². The van der Waals surface area contributed by atoms with Crippen LogP contribution in [0.25, 0.3) is 0 Å². The van der Waals surface area contributed by atoms with Gasteiger partial charge in [-0.3, -0.25) is 0 Å². The van der Waals surface area contributed by atoms with Gasteiger partial charge in [0.1, 0.15) is 12.9 Å². The van der Waals surface area contributed by atoms with Crippen molar-refractivity contribution in [1.29, 1.82) is 0 Å². The minimum absolute atomic E-state index is 0.105. The molecule has 1 atom stereocenters. The zero-order chi connectivity index (χ0) is 19.6. The molecular formula is C20H32O5Si. The molecule has 0 saturated carbocycles. The van der Waals surface area contributed by atoms with Crippen molar-refractivity contribution in [2.45, 2.75) is 51.6 Å². The topological polar surface area (TPSA) is 54.0 Å². The highest BCUT2D eigenvalue weighted by atomic mass is 28.4. The van der Waals surface area contributed by atoms with Gasteiger partial charge in [-0.05, 0) is 29.8 Å². The van der Waals surface area contributed by atoms with Crippen LogP contribution in [-0.2, 0) is 30.0 Å². The van der Waals surface area contributed by atoms with E-state index in [0.29, 0.717) is 13.2 Å². The van der Waals surface area contributed by atoms with Crippen molar-refractivity contribution >= 4 is 14.3 Å². The summed E-state index contributed by atoms with van der Waals surface area (Å²) in [5.74, 6) is -0.420. The highest BCUT2D eigenvalue weighted by Crippen LogP contribution is 2.36. The van der Waals surface area contributed by atoms with Crippen LogP contribution in [0.3, 0.4) is 0 Å². The van der Waals surface area contributed by atoms with E-state index in [4.69, 9.17) is 13.9 Å². The molecule has 0 fully saturated rings. The third kappa shape index (κ3) is 8.27.